The molecule has 2 heterocycles. The molecule has 1 aromatic rings. The molecule has 1 atom stereocenters. The molecule has 0 aliphatic carbocycles. The van der Waals surface area contributed by atoms with Crippen molar-refractivity contribution in [1.82, 2.24) is 9.80 Å². The zero-order valence-electron chi connectivity index (χ0n) is 14.6. The van der Waals surface area contributed by atoms with Gasteiger partial charge in [0.05, 0.1) is 18.3 Å². The minimum absolute atomic E-state index is 0.0641. The Morgan fingerprint density at radius 1 is 1.21 bits per heavy atom. The first-order valence-electron chi connectivity index (χ1n) is 8.69. The number of hydrogen-bond acceptors (Lipinski definition) is 5. The molecule has 132 valence electrons. The maximum atomic E-state index is 13.1. The quantitative estimate of drug-likeness (QED) is 0.810. The fourth-order valence-electron chi connectivity index (χ4n) is 3.37. The lowest BCUT2D eigenvalue weighted by Gasteiger charge is -2.39. The predicted molar refractivity (Wildman–Crippen MR) is 98.9 cm³/mol. The van der Waals surface area contributed by atoms with Crippen molar-refractivity contribution in [3.63, 3.8) is 0 Å². The Kier molecular flexibility index (Phi) is 6.16. The van der Waals surface area contributed by atoms with Crippen molar-refractivity contribution < 1.29 is 9.53 Å². The van der Waals surface area contributed by atoms with Crippen molar-refractivity contribution in [3.05, 3.63) is 24.3 Å². The summed E-state index contributed by atoms with van der Waals surface area (Å²) in [5, 5.41) is 0. The average Bonchev–Trinajstić information content (AvgIpc) is 2.65. The van der Waals surface area contributed by atoms with Gasteiger partial charge in [0.15, 0.2) is 0 Å². The molecule has 6 heteroatoms. The molecule has 2 aliphatic rings. The van der Waals surface area contributed by atoms with E-state index in [1.54, 1.807) is 7.11 Å². The summed E-state index contributed by atoms with van der Waals surface area (Å²) in [6, 6.07) is 8.17. The number of piperazine rings is 1. The van der Waals surface area contributed by atoms with Crippen LogP contribution >= 0.6 is 11.8 Å². The number of fused-ring (bicyclic) bond motifs is 1. The number of nitrogens with zero attached hydrogens (tertiary/aromatic N) is 3. The van der Waals surface area contributed by atoms with E-state index in [4.69, 9.17) is 4.74 Å². The minimum atomic E-state index is -0.0641. The second-order valence-electron chi connectivity index (χ2n) is 6.35. The van der Waals surface area contributed by atoms with Crippen molar-refractivity contribution in [2.24, 2.45) is 0 Å². The number of carbonyl (C=O) groups is 1. The summed E-state index contributed by atoms with van der Waals surface area (Å²) in [6.07, 6.45) is 0. The number of rotatable bonds is 5. The highest BCUT2D eigenvalue weighted by atomic mass is 32.2. The molecular formula is C18H27N3O2S. The van der Waals surface area contributed by atoms with E-state index in [2.05, 4.69) is 28.9 Å². The Bertz CT molecular complexity index is 561. The molecule has 1 amide bonds. The van der Waals surface area contributed by atoms with Crippen LogP contribution in [0.2, 0.25) is 0 Å². The van der Waals surface area contributed by atoms with E-state index in [0.29, 0.717) is 0 Å². The normalized spacial score (nSPS) is 20.7. The lowest BCUT2D eigenvalue weighted by Crippen LogP contribution is -2.55. The Labute approximate surface area is 148 Å². The molecule has 5 nitrogen and oxygen atoms in total. The lowest BCUT2D eigenvalue weighted by atomic mass is 10.1. The molecule has 2 aliphatic heterocycles. The summed E-state index contributed by atoms with van der Waals surface area (Å²) >= 11 is 1.84. The summed E-state index contributed by atoms with van der Waals surface area (Å²) in [4.78, 5) is 21.0. The maximum absolute atomic E-state index is 13.1. The summed E-state index contributed by atoms with van der Waals surface area (Å²) in [7, 11) is 1.74. The molecule has 1 fully saturated rings. The summed E-state index contributed by atoms with van der Waals surface area (Å²) in [6.45, 7) is 8.51. The van der Waals surface area contributed by atoms with E-state index in [0.717, 1.165) is 57.3 Å². The highest BCUT2D eigenvalue weighted by molar-refractivity contribution is 7.99. The molecule has 0 spiro atoms. The second-order valence-corrected chi connectivity index (χ2v) is 7.49. The van der Waals surface area contributed by atoms with Crippen molar-refractivity contribution >= 4 is 23.4 Å². The number of para-hydroxylation sites is 1. The third-order valence-electron chi connectivity index (χ3n) is 4.92. The summed E-state index contributed by atoms with van der Waals surface area (Å²) < 4.78 is 5.15. The SMILES string of the molecule is COCCN1CCN(C(C)C(=O)N2CCSc3ccccc32)CC1. The van der Waals surface area contributed by atoms with Crippen molar-refractivity contribution in [1.29, 1.82) is 0 Å². The molecule has 1 saturated heterocycles. The topological polar surface area (TPSA) is 36.0 Å². The predicted octanol–water partition coefficient (Wildman–Crippen LogP) is 1.78. The van der Waals surface area contributed by atoms with Crippen LogP contribution in [0.25, 0.3) is 0 Å². The maximum Gasteiger partial charge on any atom is 0.244 e. The van der Waals surface area contributed by atoms with Gasteiger partial charge in [-0.3, -0.25) is 14.6 Å². The van der Waals surface area contributed by atoms with E-state index in [9.17, 15) is 4.79 Å². The van der Waals surface area contributed by atoms with Crippen LogP contribution in [0.15, 0.2) is 29.2 Å². The smallest absolute Gasteiger partial charge is 0.244 e. The minimum Gasteiger partial charge on any atom is -0.383 e. The molecule has 0 saturated carbocycles. The van der Waals surface area contributed by atoms with Crippen LogP contribution in [-0.2, 0) is 9.53 Å². The van der Waals surface area contributed by atoms with Gasteiger partial charge in [-0.25, -0.2) is 0 Å². The second kappa shape index (κ2) is 8.34. The Balaban J connectivity index is 1.60. The molecule has 1 aromatic carbocycles. The van der Waals surface area contributed by atoms with Crippen LogP contribution in [-0.4, -0.2) is 80.5 Å². The Morgan fingerprint density at radius 2 is 1.96 bits per heavy atom. The monoisotopic (exact) mass is 349 g/mol. The van der Waals surface area contributed by atoms with E-state index >= 15 is 0 Å². The molecule has 0 aromatic heterocycles. The molecule has 0 bridgehead atoms. The molecule has 0 N–H and O–H groups in total. The Hall–Kier alpha value is -1.08. The number of benzene rings is 1. The summed E-state index contributed by atoms with van der Waals surface area (Å²) in [5.41, 5.74) is 1.07. The fourth-order valence-corrected chi connectivity index (χ4v) is 4.37. The summed E-state index contributed by atoms with van der Waals surface area (Å²) in [5.74, 6) is 1.20. The number of thioether (sulfide) groups is 1. The van der Waals surface area contributed by atoms with E-state index in [1.165, 1.54) is 4.90 Å². The van der Waals surface area contributed by atoms with Crippen LogP contribution in [0.1, 0.15) is 6.92 Å². The number of carbonyl (C=O) groups excluding carboxylic acids is 1. The van der Waals surface area contributed by atoms with Gasteiger partial charge < -0.3 is 9.64 Å². The molecule has 1 unspecified atom stereocenters. The first-order chi connectivity index (χ1) is 11.7. The number of anilines is 1. The van der Waals surface area contributed by atoms with Crippen molar-refractivity contribution in [2.45, 2.75) is 17.9 Å². The van der Waals surface area contributed by atoms with Gasteiger partial charge in [0.1, 0.15) is 0 Å². The Morgan fingerprint density at radius 3 is 2.71 bits per heavy atom. The van der Waals surface area contributed by atoms with E-state index < -0.39 is 0 Å². The van der Waals surface area contributed by atoms with E-state index in [-0.39, 0.29) is 11.9 Å². The zero-order chi connectivity index (χ0) is 16.9. The number of ether oxygens (including phenoxy) is 1. The van der Waals surface area contributed by atoms with Crippen LogP contribution < -0.4 is 4.90 Å². The van der Waals surface area contributed by atoms with Crippen LogP contribution in [0.4, 0.5) is 5.69 Å². The van der Waals surface area contributed by atoms with Crippen LogP contribution in [0, 0.1) is 0 Å². The van der Waals surface area contributed by atoms with Gasteiger partial charge in [-0.1, -0.05) is 12.1 Å². The number of methoxy groups -OCH3 is 1. The number of amides is 1. The largest absolute Gasteiger partial charge is 0.383 e. The highest BCUT2D eigenvalue weighted by Crippen LogP contribution is 2.34. The zero-order valence-corrected chi connectivity index (χ0v) is 15.4. The molecular weight excluding hydrogens is 322 g/mol. The van der Waals surface area contributed by atoms with Crippen molar-refractivity contribution in [3.8, 4) is 0 Å². The van der Waals surface area contributed by atoms with Crippen molar-refractivity contribution in [2.75, 3.05) is 63.6 Å². The fraction of sp³-hybridized carbons (Fsp3) is 0.611. The molecule has 0 radical (unpaired) electrons. The standard InChI is InChI=1S/C18H27N3O2S/c1-15(20-9-7-19(8-10-20)11-13-23-2)18(22)21-12-14-24-17-6-4-3-5-16(17)21/h3-6,15H,7-14H2,1-2H3. The van der Waals surface area contributed by atoms with Gasteiger partial charge in [0.2, 0.25) is 5.91 Å². The lowest BCUT2D eigenvalue weighted by molar-refractivity contribution is -0.124. The molecule has 3 rings (SSSR count). The van der Waals surface area contributed by atoms with Gasteiger partial charge in [-0.05, 0) is 19.1 Å². The first kappa shape index (κ1) is 17.7. The first-order valence-corrected chi connectivity index (χ1v) is 9.68. The van der Waals surface area contributed by atoms with Gasteiger partial charge in [0.25, 0.3) is 0 Å². The van der Waals surface area contributed by atoms with Gasteiger partial charge in [0, 0.05) is 57.0 Å². The van der Waals surface area contributed by atoms with Gasteiger partial charge in [-0.2, -0.15) is 0 Å². The van der Waals surface area contributed by atoms with E-state index in [1.807, 2.05) is 28.8 Å². The third kappa shape index (κ3) is 3.94. The third-order valence-corrected chi connectivity index (χ3v) is 5.96. The van der Waals surface area contributed by atoms with Gasteiger partial charge >= 0.3 is 0 Å². The number of hydrogen-bond donors (Lipinski definition) is 0. The highest BCUT2D eigenvalue weighted by Gasteiger charge is 2.31. The van der Waals surface area contributed by atoms with Gasteiger partial charge in [-0.15, -0.1) is 11.8 Å². The van der Waals surface area contributed by atoms with Crippen LogP contribution in [0.5, 0.6) is 0 Å². The average molecular weight is 350 g/mol. The van der Waals surface area contributed by atoms with Crippen LogP contribution in [0.3, 0.4) is 0 Å². The molecule has 24 heavy (non-hydrogen) atoms.